The Kier molecular flexibility index (Phi) is 4.56. The molecule has 1 saturated carbocycles. The molecule has 0 radical (unpaired) electrons. The highest BCUT2D eigenvalue weighted by atomic mass is 16.5. The number of carboxylic acid groups (broad SMARTS) is 1. The molecule has 0 unspecified atom stereocenters. The summed E-state index contributed by atoms with van der Waals surface area (Å²) in [5, 5.41) is 12.4. The smallest absolute Gasteiger partial charge is 0.335 e. The number of aromatic carboxylic acids is 1. The van der Waals surface area contributed by atoms with E-state index in [0.29, 0.717) is 11.0 Å². The Hall–Kier alpha value is -1.39. The molecule has 0 saturated heterocycles. The molecular formula is C15H21NO3. The van der Waals surface area contributed by atoms with Crippen molar-refractivity contribution in [2.75, 3.05) is 20.3 Å². The molecule has 1 aliphatic rings. The molecule has 2 rings (SSSR count). The Morgan fingerprint density at radius 2 is 2.26 bits per heavy atom. The molecule has 1 aliphatic carbocycles. The minimum atomic E-state index is -0.874. The SMILES string of the molecule is COCCC1(CNCc2cccc(C(=O)O)c2)CC1. The quantitative estimate of drug-likeness (QED) is 0.755. The van der Waals surface area contributed by atoms with Crippen molar-refractivity contribution in [3.05, 3.63) is 35.4 Å². The average molecular weight is 263 g/mol. The topological polar surface area (TPSA) is 58.6 Å². The van der Waals surface area contributed by atoms with Crippen molar-refractivity contribution in [3.8, 4) is 0 Å². The summed E-state index contributed by atoms with van der Waals surface area (Å²) in [5.41, 5.74) is 1.78. The van der Waals surface area contributed by atoms with Crippen molar-refractivity contribution in [2.24, 2.45) is 5.41 Å². The normalized spacial score (nSPS) is 16.3. The predicted octanol–water partition coefficient (Wildman–Crippen LogP) is 2.29. The Balaban J connectivity index is 1.79. The van der Waals surface area contributed by atoms with Gasteiger partial charge in [0.15, 0.2) is 0 Å². The lowest BCUT2D eigenvalue weighted by Crippen LogP contribution is -2.24. The molecular weight excluding hydrogens is 242 g/mol. The fourth-order valence-corrected chi connectivity index (χ4v) is 2.30. The molecule has 4 nitrogen and oxygen atoms in total. The molecule has 0 aromatic heterocycles. The van der Waals surface area contributed by atoms with Gasteiger partial charge in [-0.3, -0.25) is 0 Å². The van der Waals surface area contributed by atoms with Crippen molar-refractivity contribution in [3.63, 3.8) is 0 Å². The van der Waals surface area contributed by atoms with Crippen LogP contribution in [0.25, 0.3) is 0 Å². The van der Waals surface area contributed by atoms with Gasteiger partial charge >= 0.3 is 5.97 Å². The van der Waals surface area contributed by atoms with Crippen LogP contribution >= 0.6 is 0 Å². The summed E-state index contributed by atoms with van der Waals surface area (Å²) in [4.78, 5) is 10.9. The Morgan fingerprint density at radius 1 is 1.47 bits per heavy atom. The van der Waals surface area contributed by atoms with Crippen LogP contribution in [0.2, 0.25) is 0 Å². The maximum atomic E-state index is 10.9. The van der Waals surface area contributed by atoms with Gasteiger partial charge in [0.1, 0.15) is 0 Å². The number of hydrogen-bond acceptors (Lipinski definition) is 3. The fourth-order valence-electron chi connectivity index (χ4n) is 2.30. The molecule has 0 heterocycles. The zero-order valence-electron chi connectivity index (χ0n) is 11.3. The molecule has 19 heavy (non-hydrogen) atoms. The van der Waals surface area contributed by atoms with E-state index >= 15 is 0 Å². The van der Waals surface area contributed by atoms with Crippen molar-refractivity contribution >= 4 is 5.97 Å². The van der Waals surface area contributed by atoms with Crippen molar-refractivity contribution < 1.29 is 14.6 Å². The molecule has 0 spiro atoms. The number of benzene rings is 1. The van der Waals surface area contributed by atoms with Gasteiger partial charge in [-0.05, 0) is 42.4 Å². The first-order valence-corrected chi connectivity index (χ1v) is 6.67. The molecule has 1 aromatic carbocycles. The molecule has 0 aliphatic heterocycles. The van der Waals surface area contributed by atoms with Gasteiger partial charge in [0.25, 0.3) is 0 Å². The first-order valence-electron chi connectivity index (χ1n) is 6.67. The van der Waals surface area contributed by atoms with E-state index in [0.717, 1.165) is 31.7 Å². The number of rotatable bonds is 8. The highest BCUT2D eigenvalue weighted by molar-refractivity contribution is 5.87. The largest absolute Gasteiger partial charge is 0.478 e. The van der Waals surface area contributed by atoms with E-state index in [1.807, 2.05) is 6.07 Å². The maximum absolute atomic E-state index is 10.9. The average Bonchev–Trinajstić information content (AvgIpc) is 3.17. The molecule has 0 amide bonds. The van der Waals surface area contributed by atoms with Crippen LogP contribution in [0.1, 0.15) is 35.2 Å². The number of hydrogen-bond donors (Lipinski definition) is 2. The van der Waals surface area contributed by atoms with Gasteiger partial charge in [0, 0.05) is 26.8 Å². The van der Waals surface area contributed by atoms with Crippen LogP contribution in [-0.4, -0.2) is 31.3 Å². The Labute approximate surface area is 113 Å². The third-order valence-corrected chi connectivity index (χ3v) is 3.80. The van der Waals surface area contributed by atoms with E-state index in [4.69, 9.17) is 9.84 Å². The van der Waals surface area contributed by atoms with E-state index in [1.165, 1.54) is 12.8 Å². The van der Waals surface area contributed by atoms with Crippen LogP contribution in [-0.2, 0) is 11.3 Å². The third-order valence-electron chi connectivity index (χ3n) is 3.80. The zero-order valence-corrected chi connectivity index (χ0v) is 11.3. The van der Waals surface area contributed by atoms with E-state index in [9.17, 15) is 4.79 Å². The number of carbonyl (C=O) groups is 1. The second kappa shape index (κ2) is 6.17. The Bertz CT molecular complexity index is 441. The first-order chi connectivity index (χ1) is 9.15. The summed E-state index contributed by atoms with van der Waals surface area (Å²) in [6, 6.07) is 7.09. The van der Waals surface area contributed by atoms with E-state index in [-0.39, 0.29) is 0 Å². The predicted molar refractivity (Wildman–Crippen MR) is 73.3 cm³/mol. The maximum Gasteiger partial charge on any atom is 0.335 e. The van der Waals surface area contributed by atoms with Crippen molar-refractivity contribution in [2.45, 2.75) is 25.8 Å². The summed E-state index contributed by atoms with van der Waals surface area (Å²) < 4.78 is 5.13. The summed E-state index contributed by atoms with van der Waals surface area (Å²) in [7, 11) is 1.74. The van der Waals surface area contributed by atoms with Gasteiger partial charge in [-0.15, -0.1) is 0 Å². The van der Waals surface area contributed by atoms with E-state index in [2.05, 4.69) is 5.32 Å². The minimum Gasteiger partial charge on any atom is -0.478 e. The number of carboxylic acids is 1. The Morgan fingerprint density at radius 3 is 2.89 bits per heavy atom. The lowest BCUT2D eigenvalue weighted by Gasteiger charge is -2.15. The molecule has 2 N–H and O–H groups in total. The van der Waals surface area contributed by atoms with Gasteiger partial charge in [0.05, 0.1) is 5.56 Å². The summed E-state index contributed by atoms with van der Waals surface area (Å²) in [6.07, 6.45) is 3.63. The number of ether oxygens (including phenoxy) is 1. The van der Waals surface area contributed by atoms with Gasteiger partial charge < -0.3 is 15.2 Å². The van der Waals surface area contributed by atoms with Crippen LogP contribution in [0.5, 0.6) is 0 Å². The van der Waals surface area contributed by atoms with Crippen molar-refractivity contribution in [1.82, 2.24) is 5.32 Å². The van der Waals surface area contributed by atoms with Crippen LogP contribution in [0, 0.1) is 5.41 Å². The van der Waals surface area contributed by atoms with E-state index < -0.39 is 5.97 Å². The molecule has 104 valence electrons. The lowest BCUT2D eigenvalue weighted by atomic mass is 10.0. The number of methoxy groups -OCH3 is 1. The second-order valence-electron chi connectivity index (χ2n) is 5.35. The molecule has 1 fully saturated rings. The summed E-state index contributed by atoms with van der Waals surface area (Å²) in [6.45, 7) is 2.51. The molecule has 1 aromatic rings. The first kappa shape index (κ1) is 14.0. The molecule has 0 bridgehead atoms. The van der Waals surface area contributed by atoms with E-state index in [1.54, 1.807) is 25.3 Å². The van der Waals surface area contributed by atoms with Gasteiger partial charge in [-0.25, -0.2) is 4.79 Å². The van der Waals surface area contributed by atoms with Crippen molar-refractivity contribution in [1.29, 1.82) is 0 Å². The highest BCUT2D eigenvalue weighted by Gasteiger charge is 2.41. The summed E-state index contributed by atoms with van der Waals surface area (Å²) >= 11 is 0. The van der Waals surface area contributed by atoms with Crippen LogP contribution in [0.4, 0.5) is 0 Å². The minimum absolute atomic E-state index is 0.347. The van der Waals surface area contributed by atoms with Crippen LogP contribution in [0.3, 0.4) is 0 Å². The highest BCUT2D eigenvalue weighted by Crippen LogP contribution is 2.48. The van der Waals surface area contributed by atoms with Crippen LogP contribution in [0.15, 0.2) is 24.3 Å². The lowest BCUT2D eigenvalue weighted by molar-refractivity contribution is 0.0696. The molecule has 4 heteroatoms. The van der Waals surface area contributed by atoms with Gasteiger partial charge in [-0.2, -0.15) is 0 Å². The third kappa shape index (κ3) is 4.04. The molecule has 0 atom stereocenters. The zero-order chi connectivity index (χ0) is 13.7. The second-order valence-corrected chi connectivity index (χ2v) is 5.35. The van der Waals surface area contributed by atoms with Gasteiger partial charge in [-0.1, -0.05) is 12.1 Å². The van der Waals surface area contributed by atoms with Gasteiger partial charge in [0.2, 0.25) is 0 Å². The summed E-state index contributed by atoms with van der Waals surface area (Å²) in [5.74, 6) is -0.874. The standard InChI is InChI=1S/C15H21NO3/c1-19-8-7-15(5-6-15)11-16-10-12-3-2-4-13(9-12)14(17)18/h2-4,9,16H,5-8,10-11H2,1H3,(H,17,18). The number of nitrogens with one attached hydrogen (secondary N) is 1. The fraction of sp³-hybridized carbons (Fsp3) is 0.533. The monoisotopic (exact) mass is 263 g/mol. The van der Waals surface area contributed by atoms with Crippen LogP contribution < -0.4 is 5.32 Å².